The second kappa shape index (κ2) is 6.08. The van der Waals surface area contributed by atoms with Gasteiger partial charge in [0.05, 0.1) is 24.1 Å². The normalized spacial score (nSPS) is 20.9. The molecule has 0 amide bonds. The Kier molecular flexibility index (Phi) is 3.91. The third-order valence-corrected chi connectivity index (χ3v) is 5.27. The summed E-state index contributed by atoms with van der Waals surface area (Å²) in [5.74, 6) is 0.425. The molecule has 4 rings (SSSR count). The molecule has 0 spiro atoms. The fraction of sp³-hybridized carbons (Fsp3) is 0.294. The number of aliphatic hydroxyl groups excluding tert-OH is 2. The van der Waals surface area contributed by atoms with Gasteiger partial charge in [-0.2, -0.15) is 0 Å². The Bertz CT molecular complexity index is 868. The minimum Gasteiger partial charge on any atom is -0.394 e. The van der Waals surface area contributed by atoms with Crippen molar-refractivity contribution in [2.24, 2.45) is 0 Å². The van der Waals surface area contributed by atoms with Gasteiger partial charge in [0.1, 0.15) is 22.8 Å². The van der Waals surface area contributed by atoms with Gasteiger partial charge in [-0.3, -0.25) is 0 Å². The smallest absolute Gasteiger partial charge is 0.141 e. The number of benzene rings is 1. The number of nitrogens with zero attached hydrogens (tertiary/aromatic N) is 3. The van der Waals surface area contributed by atoms with E-state index in [4.69, 9.17) is 0 Å². The molecule has 1 aliphatic rings. The van der Waals surface area contributed by atoms with Crippen LogP contribution in [-0.2, 0) is 0 Å². The number of thiophene rings is 1. The van der Waals surface area contributed by atoms with Crippen molar-refractivity contribution in [3.05, 3.63) is 41.8 Å². The maximum Gasteiger partial charge on any atom is 0.141 e. The summed E-state index contributed by atoms with van der Waals surface area (Å²) in [4.78, 5) is 11.5. The molecule has 0 bridgehead atoms. The molecule has 5 nitrogen and oxygen atoms in total. The first-order chi connectivity index (χ1) is 11.7. The van der Waals surface area contributed by atoms with Crippen LogP contribution < -0.4 is 4.90 Å². The number of rotatable bonds is 3. The van der Waals surface area contributed by atoms with Crippen molar-refractivity contribution in [3.8, 4) is 11.1 Å². The highest BCUT2D eigenvalue weighted by molar-refractivity contribution is 7.17. The summed E-state index contributed by atoms with van der Waals surface area (Å²) >= 11 is 1.50. The van der Waals surface area contributed by atoms with Crippen LogP contribution >= 0.6 is 11.3 Å². The standard InChI is InChI=1S/C17H16FN3O2S/c18-11-3-1-10(2-4-11)14-8-24-17-15(14)16(19-9-20-17)21-6-13(23)5-12(21)7-22/h1-4,8-9,12-13,22-23H,5-7H2/t12-,13+/m0/s1. The Morgan fingerprint density at radius 1 is 1.25 bits per heavy atom. The molecule has 24 heavy (non-hydrogen) atoms. The van der Waals surface area contributed by atoms with Crippen molar-refractivity contribution in [3.63, 3.8) is 0 Å². The first-order valence-electron chi connectivity index (χ1n) is 7.71. The molecule has 7 heteroatoms. The maximum atomic E-state index is 13.2. The van der Waals surface area contributed by atoms with Crippen LogP contribution in [-0.4, -0.2) is 45.5 Å². The molecular weight excluding hydrogens is 329 g/mol. The molecule has 1 aromatic carbocycles. The molecule has 0 aliphatic carbocycles. The lowest BCUT2D eigenvalue weighted by Crippen LogP contribution is -2.33. The van der Waals surface area contributed by atoms with Crippen LogP contribution in [0.3, 0.4) is 0 Å². The van der Waals surface area contributed by atoms with E-state index in [2.05, 4.69) is 9.97 Å². The van der Waals surface area contributed by atoms with Gasteiger partial charge in [0.2, 0.25) is 0 Å². The average Bonchev–Trinajstić information content (AvgIpc) is 3.18. The van der Waals surface area contributed by atoms with Gasteiger partial charge in [0.15, 0.2) is 0 Å². The summed E-state index contributed by atoms with van der Waals surface area (Å²) in [6.45, 7) is 0.384. The Morgan fingerprint density at radius 3 is 2.79 bits per heavy atom. The monoisotopic (exact) mass is 345 g/mol. The van der Waals surface area contributed by atoms with E-state index in [9.17, 15) is 14.6 Å². The fourth-order valence-electron chi connectivity index (χ4n) is 3.24. The molecule has 3 heterocycles. The molecule has 2 N–H and O–H groups in total. The number of halogens is 1. The quantitative estimate of drug-likeness (QED) is 0.763. The minimum absolute atomic E-state index is 0.0431. The van der Waals surface area contributed by atoms with Gasteiger partial charge in [-0.15, -0.1) is 11.3 Å². The number of β-amino-alcohol motifs (C(OH)–C–C–N with tert-alkyl or cyclic N) is 1. The topological polar surface area (TPSA) is 69.5 Å². The van der Waals surface area contributed by atoms with E-state index in [-0.39, 0.29) is 18.5 Å². The largest absolute Gasteiger partial charge is 0.394 e. The SMILES string of the molecule is OC[C@@H]1C[C@@H](O)CN1c1ncnc2scc(-c3ccc(F)cc3)c12. The number of aromatic nitrogens is 2. The molecule has 1 fully saturated rings. The van der Waals surface area contributed by atoms with Crippen LogP contribution in [0.1, 0.15) is 6.42 Å². The second-order valence-electron chi connectivity index (χ2n) is 5.91. The molecule has 1 aliphatic heterocycles. The zero-order chi connectivity index (χ0) is 16.7. The highest BCUT2D eigenvalue weighted by Gasteiger charge is 2.33. The highest BCUT2D eigenvalue weighted by Crippen LogP contribution is 2.39. The van der Waals surface area contributed by atoms with Gasteiger partial charge in [-0.05, 0) is 24.1 Å². The van der Waals surface area contributed by atoms with Crippen molar-refractivity contribution >= 4 is 27.4 Å². The van der Waals surface area contributed by atoms with Gasteiger partial charge in [-0.1, -0.05) is 12.1 Å². The van der Waals surface area contributed by atoms with Crippen LogP contribution in [0.25, 0.3) is 21.3 Å². The zero-order valence-corrected chi connectivity index (χ0v) is 13.6. The van der Waals surface area contributed by atoms with Crippen LogP contribution in [0.2, 0.25) is 0 Å². The summed E-state index contributed by atoms with van der Waals surface area (Å²) in [5, 5.41) is 22.4. The molecule has 0 saturated carbocycles. The van der Waals surface area contributed by atoms with E-state index in [1.165, 1.54) is 29.8 Å². The predicted molar refractivity (Wildman–Crippen MR) is 91.7 cm³/mol. The lowest BCUT2D eigenvalue weighted by molar-refractivity contribution is 0.184. The number of aliphatic hydroxyl groups is 2. The van der Waals surface area contributed by atoms with E-state index in [1.807, 2.05) is 10.3 Å². The van der Waals surface area contributed by atoms with Crippen LogP contribution in [0.4, 0.5) is 10.2 Å². The Balaban J connectivity index is 1.87. The van der Waals surface area contributed by atoms with Crippen LogP contribution in [0.5, 0.6) is 0 Å². The van der Waals surface area contributed by atoms with Crippen molar-refractivity contribution in [1.82, 2.24) is 9.97 Å². The molecule has 2 atom stereocenters. The molecule has 3 aromatic rings. The van der Waals surface area contributed by atoms with Gasteiger partial charge >= 0.3 is 0 Å². The van der Waals surface area contributed by atoms with Gasteiger partial charge in [0, 0.05) is 17.5 Å². The summed E-state index contributed by atoms with van der Waals surface area (Å²) in [6, 6.07) is 6.15. The Morgan fingerprint density at radius 2 is 2.04 bits per heavy atom. The van der Waals surface area contributed by atoms with Crippen LogP contribution in [0.15, 0.2) is 36.0 Å². The Hall–Kier alpha value is -2.09. The first kappa shape index (κ1) is 15.4. The average molecular weight is 345 g/mol. The number of hydrogen-bond donors (Lipinski definition) is 2. The second-order valence-corrected chi connectivity index (χ2v) is 6.77. The van der Waals surface area contributed by atoms with Crippen molar-refractivity contribution in [2.45, 2.75) is 18.6 Å². The first-order valence-corrected chi connectivity index (χ1v) is 8.59. The molecule has 1 saturated heterocycles. The number of fused-ring (bicyclic) bond motifs is 1. The Labute approximate surface area is 142 Å². The summed E-state index contributed by atoms with van der Waals surface area (Å²) in [5.41, 5.74) is 1.82. The molecular formula is C17H16FN3O2S. The third kappa shape index (κ3) is 2.54. The third-order valence-electron chi connectivity index (χ3n) is 4.38. The molecule has 124 valence electrons. The van der Waals surface area contributed by atoms with Gasteiger partial charge in [0.25, 0.3) is 0 Å². The van der Waals surface area contributed by atoms with Crippen molar-refractivity contribution in [2.75, 3.05) is 18.1 Å². The zero-order valence-electron chi connectivity index (χ0n) is 12.8. The summed E-state index contributed by atoms with van der Waals surface area (Å²) in [7, 11) is 0. The summed E-state index contributed by atoms with van der Waals surface area (Å²) in [6.07, 6.45) is 1.53. The van der Waals surface area contributed by atoms with Gasteiger partial charge < -0.3 is 15.1 Å². The minimum atomic E-state index is -0.486. The van der Waals surface area contributed by atoms with E-state index in [0.29, 0.717) is 18.8 Å². The van der Waals surface area contributed by atoms with Gasteiger partial charge in [-0.25, -0.2) is 14.4 Å². The van der Waals surface area contributed by atoms with E-state index < -0.39 is 6.10 Å². The lowest BCUT2D eigenvalue weighted by atomic mass is 10.1. The van der Waals surface area contributed by atoms with E-state index in [0.717, 1.165) is 21.3 Å². The molecule has 2 aromatic heterocycles. The highest BCUT2D eigenvalue weighted by atomic mass is 32.1. The van der Waals surface area contributed by atoms with Crippen LogP contribution in [0, 0.1) is 5.82 Å². The number of anilines is 1. The van der Waals surface area contributed by atoms with Crippen molar-refractivity contribution < 1.29 is 14.6 Å². The maximum absolute atomic E-state index is 13.2. The molecule has 0 unspecified atom stereocenters. The van der Waals surface area contributed by atoms with E-state index in [1.54, 1.807) is 12.1 Å². The van der Waals surface area contributed by atoms with E-state index >= 15 is 0 Å². The lowest BCUT2D eigenvalue weighted by Gasteiger charge is -2.24. The fourth-order valence-corrected chi connectivity index (χ4v) is 4.15. The summed E-state index contributed by atoms with van der Waals surface area (Å²) < 4.78 is 13.2. The molecule has 0 radical (unpaired) electrons. The number of hydrogen-bond acceptors (Lipinski definition) is 6. The predicted octanol–water partition coefficient (Wildman–Crippen LogP) is 2.43. The van der Waals surface area contributed by atoms with Crippen molar-refractivity contribution in [1.29, 1.82) is 0 Å².